The van der Waals surface area contributed by atoms with Gasteiger partial charge in [-0.1, -0.05) is 19.1 Å². The number of anilines is 1. The Balaban J connectivity index is 1.70. The van der Waals surface area contributed by atoms with Crippen LogP contribution in [-0.4, -0.2) is 23.2 Å². The molecule has 132 valence electrons. The monoisotopic (exact) mass is 347 g/mol. The Morgan fingerprint density at radius 1 is 0.962 bits per heavy atom. The number of hydrogen-bond donors (Lipinski definition) is 0. The number of hydrogen-bond acceptors (Lipinski definition) is 4. The lowest BCUT2D eigenvalue weighted by Gasteiger charge is -2.18. The van der Waals surface area contributed by atoms with Gasteiger partial charge in [0, 0.05) is 24.4 Å². The number of aryl methyl sites for hydroxylation is 2. The lowest BCUT2D eigenvalue weighted by molar-refractivity contribution is 0.0993. The predicted octanol–water partition coefficient (Wildman–Crippen LogP) is 4.42. The van der Waals surface area contributed by atoms with Crippen molar-refractivity contribution in [3.63, 3.8) is 0 Å². The average molecular weight is 347 g/mol. The molecular weight excluding hydrogens is 326 g/mol. The Kier molecular flexibility index (Phi) is 5.27. The summed E-state index contributed by atoms with van der Waals surface area (Å²) in [6.07, 6.45) is 0.955. The first-order chi connectivity index (χ1) is 12.6. The highest BCUT2D eigenvalue weighted by Crippen LogP contribution is 2.23. The summed E-state index contributed by atoms with van der Waals surface area (Å²) in [6, 6.07) is 18.6. The molecule has 0 bridgehead atoms. The Labute approximate surface area is 153 Å². The van der Waals surface area contributed by atoms with E-state index in [4.69, 9.17) is 4.74 Å². The van der Waals surface area contributed by atoms with E-state index in [2.05, 4.69) is 17.1 Å². The fraction of sp³-hybridized carbons (Fsp3) is 0.190. The topological polar surface area (TPSA) is 55.3 Å². The molecular formula is C21H21N3O2. The number of nitrogens with zero attached hydrogens (tertiary/aromatic N) is 3. The van der Waals surface area contributed by atoms with Crippen LogP contribution in [0.2, 0.25) is 0 Å². The maximum Gasteiger partial charge on any atom is 0.258 e. The summed E-state index contributed by atoms with van der Waals surface area (Å²) in [6.45, 7) is 3.96. The van der Waals surface area contributed by atoms with Crippen LogP contribution < -0.4 is 9.64 Å². The second kappa shape index (κ2) is 7.78. The van der Waals surface area contributed by atoms with E-state index in [0.717, 1.165) is 17.8 Å². The molecule has 0 N–H and O–H groups in total. The standard InChI is InChI=1S/C21H21N3O2/c1-4-16-6-8-17(9-7-16)21(25)24(3)18-10-12-19(13-11-18)26-20-14-5-15(2)22-23-20/h5-14H,4H2,1-3H3. The zero-order valence-corrected chi connectivity index (χ0v) is 15.1. The molecule has 0 spiro atoms. The van der Waals surface area contributed by atoms with Crippen molar-refractivity contribution < 1.29 is 9.53 Å². The smallest absolute Gasteiger partial charge is 0.258 e. The van der Waals surface area contributed by atoms with E-state index in [-0.39, 0.29) is 5.91 Å². The molecule has 0 saturated heterocycles. The molecule has 0 radical (unpaired) electrons. The number of amides is 1. The highest BCUT2D eigenvalue weighted by Gasteiger charge is 2.13. The van der Waals surface area contributed by atoms with Gasteiger partial charge in [0.1, 0.15) is 5.75 Å². The van der Waals surface area contributed by atoms with Crippen molar-refractivity contribution in [3.05, 3.63) is 77.5 Å². The van der Waals surface area contributed by atoms with E-state index in [1.54, 1.807) is 30.1 Å². The van der Waals surface area contributed by atoms with Crippen molar-refractivity contribution in [2.75, 3.05) is 11.9 Å². The molecule has 5 nitrogen and oxygen atoms in total. The van der Waals surface area contributed by atoms with Gasteiger partial charge in [-0.05, 0) is 61.4 Å². The van der Waals surface area contributed by atoms with Crippen LogP contribution in [0.3, 0.4) is 0 Å². The summed E-state index contributed by atoms with van der Waals surface area (Å²) in [5.41, 5.74) is 3.50. The zero-order chi connectivity index (χ0) is 18.5. The second-order valence-electron chi connectivity index (χ2n) is 6.02. The SMILES string of the molecule is CCc1ccc(C(=O)N(C)c2ccc(Oc3ccc(C)nn3)cc2)cc1. The molecule has 0 aliphatic rings. The molecule has 26 heavy (non-hydrogen) atoms. The lowest BCUT2D eigenvalue weighted by atomic mass is 10.1. The third kappa shape index (κ3) is 4.06. The van der Waals surface area contributed by atoms with Gasteiger partial charge in [0.2, 0.25) is 5.88 Å². The van der Waals surface area contributed by atoms with Gasteiger partial charge in [-0.2, -0.15) is 5.10 Å². The van der Waals surface area contributed by atoms with Gasteiger partial charge in [-0.25, -0.2) is 0 Å². The van der Waals surface area contributed by atoms with Crippen molar-refractivity contribution in [3.8, 4) is 11.6 Å². The van der Waals surface area contributed by atoms with Gasteiger partial charge >= 0.3 is 0 Å². The van der Waals surface area contributed by atoms with Crippen LogP contribution >= 0.6 is 0 Å². The number of carbonyl (C=O) groups excluding carboxylic acids is 1. The van der Waals surface area contributed by atoms with Crippen molar-refractivity contribution in [2.45, 2.75) is 20.3 Å². The summed E-state index contributed by atoms with van der Waals surface area (Å²) in [4.78, 5) is 14.3. The summed E-state index contributed by atoms with van der Waals surface area (Å²) in [5, 5.41) is 7.94. The van der Waals surface area contributed by atoms with Crippen molar-refractivity contribution in [1.29, 1.82) is 0 Å². The van der Waals surface area contributed by atoms with Crippen LogP contribution in [0.5, 0.6) is 11.6 Å². The Morgan fingerprint density at radius 2 is 1.65 bits per heavy atom. The normalized spacial score (nSPS) is 10.4. The van der Waals surface area contributed by atoms with Gasteiger partial charge in [0.15, 0.2) is 0 Å². The molecule has 0 atom stereocenters. The first-order valence-electron chi connectivity index (χ1n) is 8.52. The van der Waals surface area contributed by atoms with E-state index < -0.39 is 0 Å². The summed E-state index contributed by atoms with van der Waals surface area (Å²) in [7, 11) is 1.76. The number of ether oxygens (including phenoxy) is 1. The first kappa shape index (κ1) is 17.6. The first-order valence-corrected chi connectivity index (χ1v) is 8.52. The largest absolute Gasteiger partial charge is 0.438 e. The van der Waals surface area contributed by atoms with Crippen molar-refractivity contribution in [2.24, 2.45) is 0 Å². The fourth-order valence-electron chi connectivity index (χ4n) is 2.49. The van der Waals surface area contributed by atoms with Gasteiger partial charge < -0.3 is 9.64 Å². The molecule has 0 aliphatic carbocycles. The molecule has 1 amide bonds. The molecule has 1 heterocycles. The van der Waals surface area contributed by atoms with Crippen LogP contribution in [0.25, 0.3) is 0 Å². The molecule has 2 aromatic carbocycles. The number of aromatic nitrogens is 2. The van der Waals surface area contributed by atoms with Crippen LogP contribution in [0.1, 0.15) is 28.5 Å². The van der Waals surface area contributed by atoms with E-state index in [0.29, 0.717) is 17.2 Å². The maximum absolute atomic E-state index is 12.6. The zero-order valence-electron chi connectivity index (χ0n) is 15.1. The predicted molar refractivity (Wildman–Crippen MR) is 102 cm³/mol. The lowest BCUT2D eigenvalue weighted by Crippen LogP contribution is -2.26. The molecule has 0 fully saturated rings. The third-order valence-corrected chi connectivity index (χ3v) is 4.13. The van der Waals surface area contributed by atoms with E-state index in [1.165, 1.54) is 5.56 Å². The Bertz CT molecular complexity index is 873. The van der Waals surface area contributed by atoms with E-state index in [9.17, 15) is 4.79 Å². The van der Waals surface area contributed by atoms with Gasteiger partial charge in [-0.3, -0.25) is 4.79 Å². The third-order valence-electron chi connectivity index (χ3n) is 4.13. The Morgan fingerprint density at radius 3 is 2.23 bits per heavy atom. The van der Waals surface area contributed by atoms with E-state index in [1.807, 2.05) is 49.4 Å². The van der Waals surface area contributed by atoms with Crippen LogP contribution in [0.4, 0.5) is 5.69 Å². The summed E-state index contributed by atoms with van der Waals surface area (Å²) >= 11 is 0. The number of benzene rings is 2. The minimum Gasteiger partial charge on any atom is -0.438 e. The molecule has 0 aliphatic heterocycles. The molecule has 3 aromatic rings. The van der Waals surface area contributed by atoms with E-state index >= 15 is 0 Å². The summed E-state index contributed by atoms with van der Waals surface area (Å²) in [5.74, 6) is 1.02. The highest BCUT2D eigenvalue weighted by molar-refractivity contribution is 6.05. The molecule has 1 aromatic heterocycles. The fourth-order valence-corrected chi connectivity index (χ4v) is 2.49. The van der Waals surface area contributed by atoms with Gasteiger partial charge in [0.25, 0.3) is 5.91 Å². The number of carbonyl (C=O) groups is 1. The quantitative estimate of drug-likeness (QED) is 0.686. The van der Waals surface area contributed by atoms with Crippen LogP contribution in [-0.2, 0) is 6.42 Å². The van der Waals surface area contributed by atoms with Crippen molar-refractivity contribution >= 4 is 11.6 Å². The van der Waals surface area contributed by atoms with Crippen LogP contribution in [0.15, 0.2) is 60.7 Å². The molecule has 5 heteroatoms. The second-order valence-corrected chi connectivity index (χ2v) is 6.02. The van der Waals surface area contributed by atoms with Gasteiger partial charge in [0.05, 0.1) is 5.69 Å². The maximum atomic E-state index is 12.6. The summed E-state index contributed by atoms with van der Waals surface area (Å²) < 4.78 is 5.66. The van der Waals surface area contributed by atoms with Crippen molar-refractivity contribution in [1.82, 2.24) is 10.2 Å². The van der Waals surface area contributed by atoms with Gasteiger partial charge in [-0.15, -0.1) is 5.10 Å². The molecule has 0 saturated carbocycles. The minimum atomic E-state index is -0.0503. The average Bonchev–Trinajstić information content (AvgIpc) is 2.69. The Hall–Kier alpha value is -3.21. The minimum absolute atomic E-state index is 0.0503. The highest BCUT2D eigenvalue weighted by atomic mass is 16.5. The number of rotatable bonds is 5. The molecule has 0 unspecified atom stereocenters. The molecule has 3 rings (SSSR count). The van der Waals surface area contributed by atoms with Crippen LogP contribution in [0, 0.1) is 6.92 Å².